The van der Waals surface area contributed by atoms with Gasteiger partial charge in [0.05, 0.1) is 11.6 Å². The van der Waals surface area contributed by atoms with Crippen molar-refractivity contribution >= 4 is 23.4 Å². The second kappa shape index (κ2) is 10.4. The zero-order valence-corrected chi connectivity index (χ0v) is 15.5. The standard InChI is InChI=1S/C21H22ClNO3/c1-2-26-21(25)18(20(24)17-12-6-7-13-19(17)22)15-23-14-8-11-16-9-4-3-5-10-16/h3-7,9-10,12-13,15,23H,2,8,11,14H2,1H3. The van der Waals surface area contributed by atoms with E-state index in [4.69, 9.17) is 16.3 Å². The maximum absolute atomic E-state index is 12.7. The molecule has 0 saturated carbocycles. The van der Waals surface area contributed by atoms with Gasteiger partial charge in [0.1, 0.15) is 5.57 Å². The summed E-state index contributed by atoms with van der Waals surface area (Å²) in [6, 6.07) is 16.8. The largest absolute Gasteiger partial charge is 0.462 e. The third-order valence-corrected chi connectivity index (χ3v) is 4.06. The van der Waals surface area contributed by atoms with Gasteiger partial charge in [0.2, 0.25) is 5.78 Å². The Balaban J connectivity index is 2.02. The van der Waals surface area contributed by atoms with Gasteiger partial charge >= 0.3 is 5.97 Å². The molecule has 0 radical (unpaired) electrons. The first-order chi connectivity index (χ1) is 12.6. The Bertz CT molecular complexity index is 772. The van der Waals surface area contributed by atoms with Gasteiger partial charge in [0.15, 0.2) is 0 Å². The minimum absolute atomic E-state index is 0.0559. The van der Waals surface area contributed by atoms with Crippen LogP contribution in [0.5, 0.6) is 0 Å². The molecule has 0 aliphatic rings. The van der Waals surface area contributed by atoms with Crippen LogP contribution in [-0.2, 0) is 16.0 Å². The van der Waals surface area contributed by atoms with Gasteiger partial charge in [-0.3, -0.25) is 4.79 Å². The number of halogens is 1. The van der Waals surface area contributed by atoms with Gasteiger partial charge in [-0.05, 0) is 37.5 Å². The van der Waals surface area contributed by atoms with Crippen molar-refractivity contribution in [3.8, 4) is 0 Å². The molecule has 0 aliphatic heterocycles. The van der Waals surface area contributed by atoms with Crippen LogP contribution in [0.4, 0.5) is 0 Å². The van der Waals surface area contributed by atoms with Crippen LogP contribution in [0.15, 0.2) is 66.4 Å². The van der Waals surface area contributed by atoms with Crippen LogP contribution in [0.2, 0.25) is 5.02 Å². The van der Waals surface area contributed by atoms with Crippen molar-refractivity contribution in [3.63, 3.8) is 0 Å². The Morgan fingerprint density at radius 2 is 1.77 bits per heavy atom. The van der Waals surface area contributed by atoms with Crippen LogP contribution >= 0.6 is 11.6 Å². The second-order valence-electron chi connectivity index (χ2n) is 5.63. The van der Waals surface area contributed by atoms with Crippen molar-refractivity contribution in [1.29, 1.82) is 0 Å². The van der Waals surface area contributed by atoms with E-state index in [1.54, 1.807) is 31.2 Å². The van der Waals surface area contributed by atoms with E-state index in [0.717, 1.165) is 12.8 Å². The molecule has 0 bridgehead atoms. The smallest absolute Gasteiger partial charge is 0.343 e. The zero-order valence-electron chi connectivity index (χ0n) is 14.7. The van der Waals surface area contributed by atoms with E-state index in [0.29, 0.717) is 11.6 Å². The zero-order chi connectivity index (χ0) is 18.8. The topological polar surface area (TPSA) is 55.4 Å². The molecule has 2 rings (SSSR count). The molecular formula is C21H22ClNO3. The van der Waals surface area contributed by atoms with Gasteiger partial charge in [0.25, 0.3) is 0 Å². The number of ether oxygens (including phenoxy) is 1. The van der Waals surface area contributed by atoms with Crippen molar-refractivity contribution in [3.05, 3.63) is 82.5 Å². The highest BCUT2D eigenvalue weighted by atomic mass is 35.5. The minimum Gasteiger partial charge on any atom is -0.462 e. The van der Waals surface area contributed by atoms with Crippen molar-refractivity contribution in [2.75, 3.05) is 13.2 Å². The van der Waals surface area contributed by atoms with Crippen LogP contribution in [0.1, 0.15) is 29.3 Å². The maximum Gasteiger partial charge on any atom is 0.343 e. The molecule has 26 heavy (non-hydrogen) atoms. The molecule has 0 atom stereocenters. The number of carbonyl (C=O) groups excluding carboxylic acids is 2. The molecule has 0 fully saturated rings. The Morgan fingerprint density at radius 3 is 2.46 bits per heavy atom. The highest BCUT2D eigenvalue weighted by Gasteiger charge is 2.22. The van der Waals surface area contributed by atoms with E-state index >= 15 is 0 Å². The summed E-state index contributed by atoms with van der Waals surface area (Å²) in [5.41, 5.74) is 1.47. The van der Waals surface area contributed by atoms with E-state index in [1.165, 1.54) is 11.8 Å². The number of hydrogen-bond donors (Lipinski definition) is 1. The minimum atomic E-state index is -0.659. The van der Waals surface area contributed by atoms with Crippen LogP contribution in [-0.4, -0.2) is 24.9 Å². The predicted octanol–water partition coefficient (Wildman–Crippen LogP) is 4.19. The predicted molar refractivity (Wildman–Crippen MR) is 103 cm³/mol. The molecule has 0 heterocycles. The quantitative estimate of drug-likeness (QED) is 0.179. The molecule has 0 saturated heterocycles. The van der Waals surface area contributed by atoms with Crippen LogP contribution in [0.3, 0.4) is 0 Å². The van der Waals surface area contributed by atoms with Crippen molar-refractivity contribution in [2.45, 2.75) is 19.8 Å². The first-order valence-corrected chi connectivity index (χ1v) is 8.95. The van der Waals surface area contributed by atoms with E-state index < -0.39 is 11.8 Å². The fourth-order valence-corrected chi connectivity index (χ4v) is 2.65. The molecule has 0 aromatic heterocycles. The van der Waals surface area contributed by atoms with E-state index in [1.807, 2.05) is 18.2 Å². The molecule has 4 nitrogen and oxygen atoms in total. The number of benzene rings is 2. The molecule has 0 unspecified atom stereocenters. The summed E-state index contributed by atoms with van der Waals surface area (Å²) in [4.78, 5) is 24.8. The number of nitrogens with one attached hydrogen (secondary N) is 1. The Labute approximate surface area is 158 Å². The van der Waals surface area contributed by atoms with E-state index in [-0.39, 0.29) is 17.7 Å². The SMILES string of the molecule is CCOC(=O)C(=CNCCCc1ccccc1)C(=O)c1ccccc1Cl. The Morgan fingerprint density at radius 1 is 1.08 bits per heavy atom. The highest BCUT2D eigenvalue weighted by Crippen LogP contribution is 2.19. The first kappa shape index (κ1) is 19.7. The molecule has 136 valence electrons. The summed E-state index contributed by atoms with van der Waals surface area (Å²) in [5.74, 6) is -1.11. The number of Topliss-reactive ketones (excluding diaryl/α,β-unsaturated/α-hetero) is 1. The summed E-state index contributed by atoms with van der Waals surface area (Å²) in [6.45, 7) is 2.52. The van der Waals surface area contributed by atoms with Gasteiger partial charge < -0.3 is 10.1 Å². The lowest BCUT2D eigenvalue weighted by molar-refractivity contribution is -0.138. The molecule has 5 heteroatoms. The molecule has 2 aromatic carbocycles. The number of esters is 1. The second-order valence-corrected chi connectivity index (χ2v) is 6.04. The monoisotopic (exact) mass is 371 g/mol. The first-order valence-electron chi connectivity index (χ1n) is 8.57. The molecule has 2 aromatic rings. The summed E-state index contributed by atoms with van der Waals surface area (Å²) in [7, 11) is 0. The third-order valence-electron chi connectivity index (χ3n) is 3.73. The average Bonchev–Trinajstić information content (AvgIpc) is 2.65. The number of ketones is 1. The Kier molecular flexibility index (Phi) is 7.90. The molecule has 1 N–H and O–H groups in total. The lowest BCUT2D eigenvalue weighted by atomic mass is 10.0. The number of rotatable bonds is 9. The van der Waals surface area contributed by atoms with Gasteiger partial charge in [-0.15, -0.1) is 0 Å². The average molecular weight is 372 g/mol. The molecule has 0 aliphatic carbocycles. The van der Waals surface area contributed by atoms with Crippen LogP contribution < -0.4 is 5.32 Å². The molecular weight excluding hydrogens is 350 g/mol. The number of aryl methyl sites for hydroxylation is 1. The maximum atomic E-state index is 12.7. The van der Waals surface area contributed by atoms with Crippen molar-refractivity contribution in [1.82, 2.24) is 5.32 Å². The highest BCUT2D eigenvalue weighted by molar-refractivity contribution is 6.36. The number of hydrogen-bond acceptors (Lipinski definition) is 4. The van der Waals surface area contributed by atoms with Crippen molar-refractivity contribution < 1.29 is 14.3 Å². The third kappa shape index (κ3) is 5.74. The summed E-state index contributed by atoms with van der Waals surface area (Å²) in [6.07, 6.45) is 3.21. The van der Waals surface area contributed by atoms with Crippen LogP contribution in [0.25, 0.3) is 0 Å². The Hall–Kier alpha value is -2.59. The fraction of sp³-hybridized carbons (Fsp3) is 0.238. The van der Waals surface area contributed by atoms with Gasteiger partial charge in [-0.25, -0.2) is 4.79 Å². The lowest BCUT2D eigenvalue weighted by Crippen LogP contribution is -2.20. The lowest BCUT2D eigenvalue weighted by Gasteiger charge is -2.09. The van der Waals surface area contributed by atoms with E-state index in [9.17, 15) is 9.59 Å². The summed E-state index contributed by atoms with van der Waals surface area (Å²) in [5, 5.41) is 3.34. The van der Waals surface area contributed by atoms with Gasteiger partial charge in [0, 0.05) is 18.3 Å². The molecule has 0 spiro atoms. The van der Waals surface area contributed by atoms with Crippen LogP contribution in [0, 0.1) is 0 Å². The molecule has 0 amide bonds. The van der Waals surface area contributed by atoms with E-state index in [2.05, 4.69) is 17.4 Å². The normalized spacial score (nSPS) is 11.1. The summed E-state index contributed by atoms with van der Waals surface area (Å²) >= 11 is 6.08. The number of carbonyl (C=O) groups is 2. The van der Waals surface area contributed by atoms with Gasteiger partial charge in [-0.2, -0.15) is 0 Å². The van der Waals surface area contributed by atoms with Gasteiger partial charge in [-0.1, -0.05) is 54.1 Å². The summed E-state index contributed by atoms with van der Waals surface area (Å²) < 4.78 is 5.00. The fourth-order valence-electron chi connectivity index (χ4n) is 2.43. The van der Waals surface area contributed by atoms with Crippen molar-refractivity contribution in [2.24, 2.45) is 0 Å².